The smallest absolute Gasteiger partial charge is 0.409 e. The number of ether oxygens (including phenoxy) is 1. The number of aryl methyl sites for hydroxylation is 1. The fourth-order valence-corrected chi connectivity index (χ4v) is 9.12. The van der Waals surface area contributed by atoms with Crippen molar-refractivity contribution in [1.82, 2.24) is 24.6 Å². The number of piperazine rings is 1. The van der Waals surface area contributed by atoms with Gasteiger partial charge in [-0.2, -0.15) is 0 Å². The lowest BCUT2D eigenvalue weighted by Crippen LogP contribution is -2.51. The van der Waals surface area contributed by atoms with Crippen LogP contribution in [0.25, 0.3) is 0 Å². The number of nitrogens with zero attached hydrogens (tertiary/aromatic N) is 9. The summed E-state index contributed by atoms with van der Waals surface area (Å²) in [4.78, 5) is 82.2. The number of ketones is 4. The van der Waals surface area contributed by atoms with E-state index in [2.05, 4.69) is 39.4 Å². The molecule has 0 N–H and O–H groups in total. The average Bonchev–Trinajstić information content (AvgIpc) is 4.10. The summed E-state index contributed by atoms with van der Waals surface area (Å²) in [7, 11) is 0. The normalized spacial score (nSPS) is 18.8. The molecular weight excluding hydrogens is 851 g/mol. The van der Waals surface area contributed by atoms with Gasteiger partial charge in [0, 0.05) is 93.8 Å². The quantitative estimate of drug-likeness (QED) is 0.105. The maximum Gasteiger partial charge on any atom is 0.409 e. The Morgan fingerprint density at radius 1 is 0.712 bits per heavy atom. The van der Waals surface area contributed by atoms with Crippen molar-refractivity contribution < 1.29 is 47.9 Å². The van der Waals surface area contributed by atoms with Crippen LogP contribution in [-0.4, -0.2) is 129 Å². The number of anilines is 1. The molecule has 10 rings (SSSR count). The van der Waals surface area contributed by atoms with Crippen LogP contribution in [0.1, 0.15) is 101 Å². The van der Waals surface area contributed by atoms with E-state index in [4.69, 9.17) is 9.15 Å². The van der Waals surface area contributed by atoms with Crippen molar-refractivity contribution in [3.63, 3.8) is 0 Å². The third-order valence-corrected chi connectivity index (χ3v) is 12.6. The molecule has 340 valence electrons. The third-order valence-electron chi connectivity index (χ3n) is 12.6. The van der Waals surface area contributed by atoms with E-state index < -0.39 is 18.2 Å². The first-order chi connectivity index (χ1) is 32.1. The van der Waals surface area contributed by atoms with Gasteiger partial charge in [0.1, 0.15) is 0 Å². The minimum absolute atomic E-state index is 0.0187. The molecular formula is C47H47N9O10. The zero-order valence-corrected chi connectivity index (χ0v) is 36.0. The van der Waals surface area contributed by atoms with E-state index in [1.54, 1.807) is 65.6 Å². The summed E-state index contributed by atoms with van der Waals surface area (Å²) in [6.07, 6.45) is 6.43. The summed E-state index contributed by atoms with van der Waals surface area (Å²) in [6.45, 7) is 4.02. The van der Waals surface area contributed by atoms with Gasteiger partial charge in [-0.05, 0) is 61.9 Å². The van der Waals surface area contributed by atoms with Gasteiger partial charge in [-0.1, -0.05) is 60.7 Å². The van der Waals surface area contributed by atoms with Gasteiger partial charge in [-0.25, -0.2) is 4.79 Å². The van der Waals surface area contributed by atoms with Crippen LogP contribution in [0.4, 0.5) is 10.5 Å². The number of hydrazine groups is 1. The predicted octanol–water partition coefficient (Wildman–Crippen LogP) is 4.49. The number of hydrogen-bond acceptors (Lipinski definition) is 14. The van der Waals surface area contributed by atoms with Crippen LogP contribution in [0.15, 0.2) is 101 Å². The third kappa shape index (κ3) is 8.50. The predicted molar refractivity (Wildman–Crippen MR) is 233 cm³/mol. The molecule has 5 aliphatic rings. The monoisotopic (exact) mass is 897 g/mol. The molecule has 2 aliphatic carbocycles. The molecule has 2 unspecified atom stereocenters. The average molecular weight is 898 g/mol. The minimum Gasteiger partial charge on any atom is -0.571 e. The molecule has 2 saturated heterocycles. The molecule has 2 aromatic heterocycles. The molecule has 19 heteroatoms. The zero-order valence-electron chi connectivity index (χ0n) is 36.0. The minimum atomic E-state index is -1.07. The van der Waals surface area contributed by atoms with Crippen molar-refractivity contribution >= 4 is 40.8 Å². The Bertz CT molecular complexity index is 2700. The molecule has 3 aromatic carbocycles. The molecule has 2 atom stereocenters. The highest BCUT2D eigenvalue weighted by molar-refractivity contribution is 6.26. The molecule has 66 heavy (non-hydrogen) atoms. The number of aromatic nitrogens is 3. The van der Waals surface area contributed by atoms with Gasteiger partial charge in [-0.3, -0.25) is 24.0 Å². The van der Waals surface area contributed by atoms with Crippen LogP contribution >= 0.6 is 0 Å². The van der Waals surface area contributed by atoms with Crippen LogP contribution < -0.4 is 9.86 Å². The van der Waals surface area contributed by atoms with Crippen LogP contribution in [0.3, 0.4) is 0 Å². The van der Waals surface area contributed by atoms with E-state index in [0.29, 0.717) is 60.2 Å². The van der Waals surface area contributed by atoms with Crippen molar-refractivity contribution in [3.05, 3.63) is 147 Å². The molecule has 2 amide bonds. The number of furan rings is 1. The number of Topliss-reactive ketones (excluding diaryl/α,β-unsaturated/α-hetero) is 2. The molecule has 0 radical (unpaired) electrons. The Hall–Kier alpha value is -7.70. The standard InChI is InChI=1S/C24H24N4O3.C23H23N5O7/c29-23-19-8-2-3-9-20(19)24(30)22-21(23)25-28(31)27(22)16-6-7-17-10-12-18(13-11-17)26-14-4-1-5-15-26;29-20-15-5-1-2-6-16(15)21(30)19-18(20)24-28(33)27(19)8-4-14-35-23(32)26-11-9-25(10-12-26)22(31)17-7-3-13-34-17/h2-3,8-13H,1,4-7,14-16H2;1-3,5-7,13,18-19H,4,8-12,14H2. The Morgan fingerprint density at radius 2 is 1.36 bits per heavy atom. The number of amides is 2. The lowest BCUT2D eigenvalue weighted by molar-refractivity contribution is -0.749. The van der Waals surface area contributed by atoms with Crippen molar-refractivity contribution in [1.29, 1.82) is 0 Å². The summed E-state index contributed by atoms with van der Waals surface area (Å²) in [5.74, 6) is -1.35. The lowest BCUT2D eigenvalue weighted by Gasteiger charge is -2.33. The van der Waals surface area contributed by atoms with Crippen LogP contribution in [-0.2, 0) is 17.7 Å². The maximum absolute atomic E-state index is 13.0. The van der Waals surface area contributed by atoms with Gasteiger partial charge in [0.15, 0.2) is 29.1 Å². The fourth-order valence-electron chi connectivity index (χ4n) is 9.12. The Labute approximate surface area is 378 Å². The van der Waals surface area contributed by atoms with Crippen LogP contribution in [0.5, 0.6) is 0 Å². The number of carbonyl (C=O) groups excluding carboxylic acids is 6. The highest BCUT2D eigenvalue weighted by atomic mass is 16.6. The molecule has 5 aromatic rings. The number of piperidine rings is 1. The van der Waals surface area contributed by atoms with Crippen LogP contribution in [0, 0.1) is 10.4 Å². The Kier molecular flexibility index (Phi) is 12.4. The van der Waals surface area contributed by atoms with Crippen molar-refractivity contribution in [2.75, 3.05) is 57.3 Å². The van der Waals surface area contributed by atoms with Gasteiger partial charge in [0.05, 0.1) is 26.0 Å². The van der Waals surface area contributed by atoms with E-state index in [9.17, 15) is 39.2 Å². The SMILES string of the molecule is O=C1c2ccccc2C(=O)C2C1N=[N+]([O-])N2CCCOC(=O)N1CCN(C(=O)c2ccco2)CC1.O=C1c2ccccc2C(=O)c2c1n[n+]([O-])n2CCCc1ccc(N2CCCCC2)cc1. The maximum atomic E-state index is 13.0. The summed E-state index contributed by atoms with van der Waals surface area (Å²) in [5.41, 5.74) is 3.67. The van der Waals surface area contributed by atoms with Gasteiger partial charge < -0.3 is 34.3 Å². The summed E-state index contributed by atoms with van der Waals surface area (Å²) >= 11 is 0. The van der Waals surface area contributed by atoms with Gasteiger partial charge in [0.2, 0.25) is 23.3 Å². The van der Waals surface area contributed by atoms with Crippen molar-refractivity contribution in [2.45, 2.75) is 57.2 Å². The van der Waals surface area contributed by atoms with Crippen LogP contribution in [0.2, 0.25) is 0 Å². The number of hydrogen-bond donors (Lipinski definition) is 0. The number of benzene rings is 3. The van der Waals surface area contributed by atoms with E-state index in [0.717, 1.165) is 19.5 Å². The Morgan fingerprint density at radius 3 is 2.05 bits per heavy atom. The van der Waals surface area contributed by atoms with Gasteiger partial charge in [-0.15, -0.1) is 9.69 Å². The van der Waals surface area contributed by atoms with Crippen molar-refractivity contribution in [2.24, 2.45) is 5.11 Å². The zero-order chi connectivity index (χ0) is 45.9. The molecule has 0 spiro atoms. The molecule has 2 fully saturated rings. The molecule has 0 bridgehead atoms. The summed E-state index contributed by atoms with van der Waals surface area (Å²) in [6, 6.07) is 22.8. The second-order valence-electron chi connectivity index (χ2n) is 16.6. The number of fused-ring (bicyclic) bond motifs is 4. The molecule has 3 aliphatic heterocycles. The highest BCUT2D eigenvalue weighted by Gasteiger charge is 2.54. The van der Waals surface area contributed by atoms with E-state index in [-0.39, 0.29) is 76.9 Å². The van der Waals surface area contributed by atoms with E-state index >= 15 is 0 Å². The topological polar surface area (TPSA) is 221 Å². The molecule has 5 heterocycles. The second-order valence-corrected chi connectivity index (χ2v) is 16.6. The van der Waals surface area contributed by atoms with Crippen molar-refractivity contribution in [3.8, 4) is 0 Å². The first-order valence-corrected chi connectivity index (χ1v) is 22.2. The van der Waals surface area contributed by atoms with Gasteiger partial charge in [0.25, 0.3) is 5.91 Å². The largest absolute Gasteiger partial charge is 0.571 e. The second kappa shape index (κ2) is 18.8. The summed E-state index contributed by atoms with van der Waals surface area (Å²) in [5, 5.41) is 33.6. The van der Waals surface area contributed by atoms with Gasteiger partial charge >= 0.3 is 6.09 Å². The molecule has 19 nitrogen and oxygen atoms in total. The highest BCUT2D eigenvalue weighted by Crippen LogP contribution is 2.31. The fraction of sp³-hybridized carbons (Fsp3) is 0.362. The molecule has 0 saturated carbocycles. The number of rotatable bonds is 10. The van der Waals surface area contributed by atoms with E-state index in [1.807, 2.05) is 0 Å². The number of carbonyl (C=O) groups is 6. The Balaban J connectivity index is 0.000000167. The van der Waals surface area contributed by atoms with E-state index in [1.165, 1.54) is 51.4 Å². The first-order valence-electron chi connectivity index (χ1n) is 22.2. The summed E-state index contributed by atoms with van der Waals surface area (Å²) < 4.78 is 11.7. The first kappa shape index (κ1) is 43.5. The lowest BCUT2D eigenvalue weighted by atomic mass is 9.83.